The maximum absolute atomic E-state index is 12.9. The van der Waals surface area contributed by atoms with E-state index in [1.165, 1.54) is 12.1 Å². The van der Waals surface area contributed by atoms with Crippen molar-refractivity contribution in [3.8, 4) is 5.75 Å². The molecular weight excluding hydrogens is 259 g/mol. The van der Waals surface area contributed by atoms with Crippen LogP contribution in [0.15, 0.2) is 48.5 Å². The molecule has 0 aliphatic rings. The van der Waals surface area contributed by atoms with Crippen LogP contribution in [-0.4, -0.2) is 12.5 Å². The molecule has 0 saturated heterocycles. The van der Waals surface area contributed by atoms with E-state index in [0.717, 1.165) is 6.07 Å². The zero-order valence-corrected chi connectivity index (χ0v) is 10.8. The third kappa shape index (κ3) is 3.98. The molecule has 2 aromatic rings. The summed E-state index contributed by atoms with van der Waals surface area (Å²) in [5.74, 6) is 0.0359. The van der Waals surface area contributed by atoms with Crippen molar-refractivity contribution in [1.82, 2.24) is 0 Å². The SMILES string of the molecule is Nc1cc(F)ccc1NC(=O)CCOc1ccccc1. The molecule has 0 unspecified atom stereocenters. The van der Waals surface area contributed by atoms with Crippen LogP contribution in [-0.2, 0) is 4.79 Å². The van der Waals surface area contributed by atoms with Gasteiger partial charge >= 0.3 is 0 Å². The predicted molar refractivity (Wildman–Crippen MR) is 76.0 cm³/mol. The normalized spacial score (nSPS) is 10.1. The smallest absolute Gasteiger partial charge is 0.227 e. The summed E-state index contributed by atoms with van der Waals surface area (Å²) in [6.45, 7) is 0.261. The molecule has 2 aromatic carbocycles. The molecule has 0 bridgehead atoms. The number of anilines is 2. The zero-order chi connectivity index (χ0) is 14.4. The number of hydrogen-bond donors (Lipinski definition) is 2. The largest absolute Gasteiger partial charge is 0.493 e. The van der Waals surface area contributed by atoms with Gasteiger partial charge in [0, 0.05) is 0 Å². The molecule has 0 atom stereocenters. The monoisotopic (exact) mass is 274 g/mol. The Bertz CT molecular complexity index is 588. The molecule has 0 heterocycles. The number of para-hydroxylation sites is 1. The molecule has 0 aliphatic carbocycles. The highest BCUT2D eigenvalue weighted by Crippen LogP contribution is 2.19. The van der Waals surface area contributed by atoms with Crippen molar-refractivity contribution in [2.75, 3.05) is 17.7 Å². The van der Waals surface area contributed by atoms with E-state index >= 15 is 0 Å². The first-order chi connectivity index (χ1) is 9.65. The molecule has 0 aromatic heterocycles. The van der Waals surface area contributed by atoms with Gasteiger partial charge in [-0.25, -0.2) is 4.39 Å². The Morgan fingerprint density at radius 3 is 2.65 bits per heavy atom. The van der Waals surface area contributed by atoms with Gasteiger partial charge in [-0.05, 0) is 30.3 Å². The maximum atomic E-state index is 12.9. The van der Waals surface area contributed by atoms with E-state index in [4.69, 9.17) is 10.5 Å². The van der Waals surface area contributed by atoms with Crippen molar-refractivity contribution < 1.29 is 13.9 Å². The van der Waals surface area contributed by atoms with Crippen molar-refractivity contribution in [3.63, 3.8) is 0 Å². The quantitative estimate of drug-likeness (QED) is 0.824. The van der Waals surface area contributed by atoms with Gasteiger partial charge < -0.3 is 15.8 Å². The van der Waals surface area contributed by atoms with Crippen LogP contribution in [0.5, 0.6) is 5.75 Å². The van der Waals surface area contributed by atoms with Crippen LogP contribution >= 0.6 is 0 Å². The fourth-order valence-electron chi connectivity index (χ4n) is 1.64. The molecule has 20 heavy (non-hydrogen) atoms. The summed E-state index contributed by atoms with van der Waals surface area (Å²) in [5, 5.41) is 2.61. The third-order valence-electron chi connectivity index (χ3n) is 2.63. The Kier molecular flexibility index (Phi) is 4.55. The van der Waals surface area contributed by atoms with Crippen molar-refractivity contribution in [3.05, 3.63) is 54.3 Å². The van der Waals surface area contributed by atoms with Crippen molar-refractivity contribution >= 4 is 17.3 Å². The van der Waals surface area contributed by atoms with E-state index in [2.05, 4.69) is 5.32 Å². The van der Waals surface area contributed by atoms with E-state index in [0.29, 0.717) is 11.4 Å². The first-order valence-corrected chi connectivity index (χ1v) is 6.18. The Morgan fingerprint density at radius 1 is 1.20 bits per heavy atom. The minimum atomic E-state index is -0.437. The zero-order valence-electron chi connectivity index (χ0n) is 10.8. The molecule has 0 fully saturated rings. The molecule has 0 radical (unpaired) electrons. The topological polar surface area (TPSA) is 64.3 Å². The van der Waals surface area contributed by atoms with Gasteiger partial charge in [0.25, 0.3) is 0 Å². The van der Waals surface area contributed by atoms with Crippen molar-refractivity contribution in [2.45, 2.75) is 6.42 Å². The average molecular weight is 274 g/mol. The lowest BCUT2D eigenvalue weighted by molar-refractivity contribution is -0.116. The van der Waals surface area contributed by atoms with Gasteiger partial charge in [0.2, 0.25) is 5.91 Å². The van der Waals surface area contributed by atoms with Crippen LogP contribution in [0.1, 0.15) is 6.42 Å². The lowest BCUT2D eigenvalue weighted by Gasteiger charge is -2.09. The van der Waals surface area contributed by atoms with Crippen molar-refractivity contribution in [1.29, 1.82) is 0 Å². The highest BCUT2D eigenvalue weighted by molar-refractivity contribution is 5.93. The van der Waals surface area contributed by atoms with Crippen LogP contribution in [0.25, 0.3) is 0 Å². The molecule has 0 spiro atoms. The molecule has 5 heteroatoms. The summed E-state index contributed by atoms with van der Waals surface area (Å²) in [6, 6.07) is 13.1. The number of ether oxygens (including phenoxy) is 1. The minimum Gasteiger partial charge on any atom is -0.493 e. The molecule has 3 N–H and O–H groups in total. The number of halogens is 1. The Hall–Kier alpha value is -2.56. The maximum Gasteiger partial charge on any atom is 0.227 e. The van der Waals surface area contributed by atoms with Crippen LogP contribution in [0.4, 0.5) is 15.8 Å². The summed E-state index contributed by atoms with van der Waals surface area (Å²) in [4.78, 5) is 11.7. The van der Waals surface area contributed by atoms with E-state index in [9.17, 15) is 9.18 Å². The number of amides is 1. The molecule has 0 saturated carbocycles. The van der Waals surface area contributed by atoms with Gasteiger partial charge in [0.15, 0.2) is 0 Å². The van der Waals surface area contributed by atoms with Gasteiger partial charge in [0.1, 0.15) is 11.6 Å². The van der Waals surface area contributed by atoms with E-state index < -0.39 is 5.82 Å². The Labute approximate surface area is 116 Å². The molecule has 0 aliphatic heterocycles. The van der Waals surface area contributed by atoms with E-state index in [-0.39, 0.29) is 24.6 Å². The van der Waals surface area contributed by atoms with Crippen LogP contribution in [0.3, 0.4) is 0 Å². The molecule has 2 rings (SSSR count). The second-order valence-electron chi connectivity index (χ2n) is 4.19. The van der Waals surface area contributed by atoms with Crippen LogP contribution in [0.2, 0.25) is 0 Å². The molecule has 1 amide bonds. The van der Waals surface area contributed by atoms with Gasteiger partial charge in [-0.2, -0.15) is 0 Å². The standard InChI is InChI=1S/C15H15FN2O2/c16-11-6-7-14(13(17)10-11)18-15(19)8-9-20-12-4-2-1-3-5-12/h1-7,10H,8-9,17H2,(H,18,19). The minimum absolute atomic E-state index is 0.186. The summed E-state index contributed by atoms with van der Waals surface area (Å²) < 4.78 is 18.3. The number of hydrogen-bond acceptors (Lipinski definition) is 3. The summed E-state index contributed by atoms with van der Waals surface area (Å²) >= 11 is 0. The summed E-state index contributed by atoms with van der Waals surface area (Å²) in [5.41, 5.74) is 6.20. The molecule has 104 valence electrons. The Balaban J connectivity index is 1.81. The van der Waals surface area contributed by atoms with Crippen molar-refractivity contribution in [2.24, 2.45) is 0 Å². The summed E-state index contributed by atoms with van der Waals surface area (Å²) in [7, 11) is 0. The highest BCUT2D eigenvalue weighted by atomic mass is 19.1. The first-order valence-electron chi connectivity index (χ1n) is 6.18. The molecular formula is C15H15FN2O2. The number of nitrogen functional groups attached to an aromatic ring is 1. The predicted octanol–water partition coefficient (Wildman–Crippen LogP) is 2.82. The summed E-state index contributed by atoms with van der Waals surface area (Å²) in [6.07, 6.45) is 0.186. The number of rotatable bonds is 5. The van der Waals surface area contributed by atoms with Crippen LogP contribution in [0, 0.1) is 5.82 Å². The first kappa shape index (κ1) is 13.9. The number of carbonyl (C=O) groups excluding carboxylic acids is 1. The van der Waals surface area contributed by atoms with E-state index in [1.54, 1.807) is 0 Å². The van der Waals surface area contributed by atoms with E-state index in [1.807, 2.05) is 30.3 Å². The number of nitrogens with one attached hydrogen (secondary N) is 1. The fourth-order valence-corrected chi connectivity index (χ4v) is 1.64. The second kappa shape index (κ2) is 6.56. The highest BCUT2D eigenvalue weighted by Gasteiger charge is 2.06. The second-order valence-corrected chi connectivity index (χ2v) is 4.19. The van der Waals surface area contributed by atoms with Gasteiger partial charge in [0.05, 0.1) is 24.4 Å². The fraction of sp³-hybridized carbons (Fsp3) is 0.133. The number of benzene rings is 2. The number of nitrogens with two attached hydrogens (primary N) is 1. The lowest BCUT2D eigenvalue weighted by Crippen LogP contribution is -2.16. The molecule has 4 nitrogen and oxygen atoms in total. The van der Waals surface area contributed by atoms with Gasteiger partial charge in [-0.1, -0.05) is 18.2 Å². The van der Waals surface area contributed by atoms with Crippen LogP contribution < -0.4 is 15.8 Å². The lowest BCUT2D eigenvalue weighted by atomic mass is 10.2. The third-order valence-corrected chi connectivity index (χ3v) is 2.63. The van der Waals surface area contributed by atoms with Gasteiger partial charge in [-0.3, -0.25) is 4.79 Å². The Morgan fingerprint density at radius 2 is 1.95 bits per heavy atom. The average Bonchev–Trinajstić information content (AvgIpc) is 2.43. The number of carbonyl (C=O) groups is 1. The van der Waals surface area contributed by atoms with Gasteiger partial charge in [-0.15, -0.1) is 0 Å².